The molecule has 0 bridgehead atoms. The summed E-state index contributed by atoms with van der Waals surface area (Å²) in [6, 6.07) is -4.34. The topological polar surface area (TPSA) is 52.0 Å². The maximum atomic E-state index is 14.4. The number of nitrogen functional groups attached to an aromatic ring is 2. The quantitative estimate of drug-likeness (QED) is 0.239. The van der Waals surface area contributed by atoms with Crippen LogP contribution in [0.15, 0.2) is 36.4 Å². The standard InChI is InChI=1S/C21H10F20N2/c22-14(23,16(26,27)20(36,37)38)9-5-7(1-3-11(9)42)13(18(30,31)32,19(33,34)35)8-2-4-12(43)10(6-8)15(24,25)17(28,29)21(39,40)41/h1-6H,42-43H2. The molecular formula is C21H10F20N2. The minimum atomic E-state index is -7.20. The molecule has 0 aliphatic carbocycles. The van der Waals surface area contributed by atoms with Crippen LogP contribution in [0.1, 0.15) is 22.3 Å². The second-order valence-electron chi connectivity index (χ2n) is 8.64. The van der Waals surface area contributed by atoms with Crippen LogP contribution in [0, 0.1) is 0 Å². The number of nitrogens with two attached hydrogens (primary N) is 2. The van der Waals surface area contributed by atoms with Gasteiger partial charge < -0.3 is 11.5 Å². The van der Waals surface area contributed by atoms with E-state index in [-0.39, 0.29) is 0 Å². The fourth-order valence-electron chi connectivity index (χ4n) is 3.80. The van der Waals surface area contributed by atoms with E-state index in [9.17, 15) is 87.8 Å². The molecule has 0 aromatic heterocycles. The zero-order valence-electron chi connectivity index (χ0n) is 19.7. The lowest BCUT2D eigenvalue weighted by atomic mass is 9.71. The molecule has 0 saturated carbocycles. The molecule has 0 unspecified atom stereocenters. The molecule has 0 saturated heterocycles. The number of rotatable bonds is 6. The fourth-order valence-corrected chi connectivity index (χ4v) is 3.80. The summed E-state index contributed by atoms with van der Waals surface area (Å²) in [4.78, 5) is 0. The molecule has 0 heterocycles. The first-order chi connectivity index (χ1) is 18.7. The number of halogens is 20. The van der Waals surface area contributed by atoms with Crippen LogP contribution in [0.5, 0.6) is 0 Å². The van der Waals surface area contributed by atoms with E-state index in [1.807, 2.05) is 0 Å². The highest BCUT2D eigenvalue weighted by Crippen LogP contribution is 2.60. The minimum absolute atomic E-state index is 0.429. The van der Waals surface area contributed by atoms with E-state index in [4.69, 9.17) is 11.5 Å². The van der Waals surface area contributed by atoms with Gasteiger partial charge in [0.25, 0.3) is 0 Å². The molecule has 43 heavy (non-hydrogen) atoms. The summed E-state index contributed by atoms with van der Waals surface area (Å²) in [7, 11) is 0. The third-order valence-corrected chi connectivity index (χ3v) is 6.00. The van der Waals surface area contributed by atoms with Crippen LogP contribution in [0.25, 0.3) is 0 Å². The van der Waals surface area contributed by atoms with Crippen LogP contribution in [0.4, 0.5) is 99.2 Å². The highest BCUT2D eigenvalue weighted by atomic mass is 19.4. The Balaban J connectivity index is 3.14. The smallest absolute Gasteiger partial charge is 0.398 e. The fraction of sp³-hybridized carbons (Fsp3) is 0.429. The lowest BCUT2D eigenvalue weighted by molar-refractivity contribution is -0.359. The molecule has 0 amide bonds. The van der Waals surface area contributed by atoms with Crippen LogP contribution in [-0.2, 0) is 17.3 Å². The molecule has 22 heteroatoms. The Morgan fingerprint density at radius 3 is 0.837 bits per heavy atom. The first kappa shape index (κ1) is 35.8. The van der Waals surface area contributed by atoms with E-state index in [2.05, 4.69) is 0 Å². The van der Waals surface area contributed by atoms with Gasteiger partial charge in [-0.05, 0) is 35.4 Å². The Kier molecular flexibility index (Phi) is 8.19. The zero-order valence-corrected chi connectivity index (χ0v) is 19.7. The summed E-state index contributed by atoms with van der Waals surface area (Å²) in [5, 5.41) is 0. The molecule has 0 aliphatic heterocycles. The lowest BCUT2D eigenvalue weighted by Crippen LogP contribution is -2.55. The second kappa shape index (κ2) is 9.83. The third-order valence-electron chi connectivity index (χ3n) is 6.00. The average molecular weight is 670 g/mol. The normalized spacial score (nSPS) is 15.2. The van der Waals surface area contributed by atoms with Crippen molar-refractivity contribution in [3.8, 4) is 0 Å². The van der Waals surface area contributed by atoms with Crippen molar-refractivity contribution >= 4 is 11.4 Å². The summed E-state index contributed by atoms with van der Waals surface area (Å²) in [6.45, 7) is 0. The maximum absolute atomic E-state index is 14.4. The van der Waals surface area contributed by atoms with Crippen molar-refractivity contribution in [2.75, 3.05) is 11.5 Å². The van der Waals surface area contributed by atoms with Gasteiger partial charge in [-0.1, -0.05) is 12.1 Å². The largest absolute Gasteiger partial charge is 0.460 e. The van der Waals surface area contributed by atoms with Crippen molar-refractivity contribution in [2.24, 2.45) is 0 Å². The monoisotopic (exact) mass is 670 g/mol. The van der Waals surface area contributed by atoms with Crippen molar-refractivity contribution in [1.29, 1.82) is 0 Å². The molecule has 2 rings (SSSR count). The molecule has 2 aromatic rings. The molecule has 244 valence electrons. The average Bonchev–Trinajstić information content (AvgIpc) is 2.77. The number of benzene rings is 2. The van der Waals surface area contributed by atoms with Gasteiger partial charge in [-0.2, -0.15) is 87.8 Å². The highest BCUT2D eigenvalue weighted by molar-refractivity contribution is 5.59. The molecule has 0 radical (unpaired) electrons. The SMILES string of the molecule is Nc1ccc(C(c2ccc(N)c(C(F)(F)C(F)(F)C(F)(F)F)c2)(C(F)(F)F)C(F)(F)F)cc1C(F)(F)C(F)(F)C(F)(F)F. The van der Waals surface area contributed by atoms with E-state index in [1.54, 1.807) is 0 Å². The predicted molar refractivity (Wildman–Crippen MR) is 104 cm³/mol. The van der Waals surface area contributed by atoms with Gasteiger partial charge in [-0.25, -0.2) is 0 Å². The van der Waals surface area contributed by atoms with Gasteiger partial charge in [0, 0.05) is 11.4 Å². The van der Waals surface area contributed by atoms with Gasteiger partial charge in [-0.15, -0.1) is 0 Å². The number of anilines is 2. The Morgan fingerprint density at radius 1 is 0.372 bits per heavy atom. The van der Waals surface area contributed by atoms with Gasteiger partial charge in [0.1, 0.15) is 0 Å². The van der Waals surface area contributed by atoms with Gasteiger partial charge in [-0.3, -0.25) is 0 Å². The van der Waals surface area contributed by atoms with Gasteiger partial charge >= 0.3 is 48.4 Å². The molecule has 0 spiro atoms. The van der Waals surface area contributed by atoms with Crippen molar-refractivity contribution in [3.05, 3.63) is 58.7 Å². The third kappa shape index (κ3) is 5.12. The molecule has 2 nitrogen and oxygen atoms in total. The zero-order chi connectivity index (χ0) is 34.2. The minimum Gasteiger partial charge on any atom is -0.398 e. The van der Waals surface area contributed by atoms with Crippen LogP contribution in [0.2, 0.25) is 0 Å². The van der Waals surface area contributed by atoms with E-state index < -0.39 is 124 Å². The van der Waals surface area contributed by atoms with Crippen molar-refractivity contribution in [1.82, 2.24) is 0 Å². The number of alkyl halides is 20. The van der Waals surface area contributed by atoms with Crippen molar-refractivity contribution in [2.45, 2.75) is 53.8 Å². The lowest BCUT2D eigenvalue weighted by Gasteiger charge is -2.40. The van der Waals surface area contributed by atoms with Crippen LogP contribution >= 0.6 is 0 Å². The van der Waals surface area contributed by atoms with Gasteiger partial charge in [0.15, 0.2) is 0 Å². The molecule has 4 N–H and O–H groups in total. The molecule has 0 aliphatic rings. The number of hydrogen-bond donors (Lipinski definition) is 2. The summed E-state index contributed by atoms with van der Waals surface area (Å²) in [5.74, 6) is -27.8. The first-order valence-electron chi connectivity index (χ1n) is 10.3. The van der Waals surface area contributed by atoms with E-state index in [1.165, 1.54) is 0 Å². The summed E-state index contributed by atoms with van der Waals surface area (Å²) < 4.78 is 274. The Bertz CT molecular complexity index is 1240. The molecular weight excluding hydrogens is 660 g/mol. The second-order valence-corrected chi connectivity index (χ2v) is 8.64. The maximum Gasteiger partial charge on any atom is 0.460 e. The first-order valence-corrected chi connectivity index (χ1v) is 10.3. The van der Waals surface area contributed by atoms with Crippen LogP contribution in [0.3, 0.4) is 0 Å². The predicted octanol–water partition coefficient (Wildman–Crippen LogP) is 8.84. The molecule has 0 atom stereocenters. The molecule has 0 fully saturated rings. The van der Waals surface area contributed by atoms with Crippen LogP contribution in [-0.4, -0.2) is 36.6 Å². The van der Waals surface area contributed by atoms with E-state index >= 15 is 0 Å². The van der Waals surface area contributed by atoms with Gasteiger partial charge in [0.05, 0.1) is 11.1 Å². The van der Waals surface area contributed by atoms with Gasteiger partial charge in [0.2, 0.25) is 5.41 Å². The summed E-state index contributed by atoms with van der Waals surface area (Å²) in [5.41, 5.74) is -11.7. The summed E-state index contributed by atoms with van der Waals surface area (Å²) in [6.07, 6.45) is -28.5. The van der Waals surface area contributed by atoms with E-state index in [0.717, 1.165) is 0 Å². The van der Waals surface area contributed by atoms with E-state index in [0.29, 0.717) is 0 Å². The molecule has 2 aromatic carbocycles. The summed E-state index contributed by atoms with van der Waals surface area (Å²) >= 11 is 0. The Labute approximate surface area is 224 Å². The van der Waals surface area contributed by atoms with Crippen molar-refractivity contribution in [3.63, 3.8) is 0 Å². The Hall–Kier alpha value is -3.36. The Morgan fingerprint density at radius 2 is 0.628 bits per heavy atom. The number of hydrogen-bond acceptors (Lipinski definition) is 2. The van der Waals surface area contributed by atoms with Crippen LogP contribution < -0.4 is 11.5 Å². The highest BCUT2D eigenvalue weighted by Gasteiger charge is 2.77. The van der Waals surface area contributed by atoms with Crippen molar-refractivity contribution < 1.29 is 87.8 Å².